The number of rotatable bonds is 8. The summed E-state index contributed by atoms with van der Waals surface area (Å²) in [4.78, 5) is 11.9. The Balaban J connectivity index is 2.41. The average molecular weight is 279 g/mol. The van der Waals surface area contributed by atoms with Crippen molar-refractivity contribution in [2.75, 3.05) is 6.54 Å². The first-order valence-electron chi connectivity index (χ1n) is 7.19. The number of hydrogen-bond donors (Lipinski definition) is 2. The lowest BCUT2D eigenvalue weighted by atomic mass is 10.1. The number of amides is 1. The molecule has 4 nitrogen and oxygen atoms in total. The molecule has 0 heterocycles. The summed E-state index contributed by atoms with van der Waals surface area (Å²) in [6, 6.07) is 7.39. The van der Waals surface area contributed by atoms with Crippen LogP contribution in [0.3, 0.4) is 0 Å². The van der Waals surface area contributed by atoms with Gasteiger partial charge >= 0.3 is 0 Å². The second-order valence-electron chi connectivity index (χ2n) is 5.16. The minimum absolute atomic E-state index is 0.107. The first-order valence-corrected chi connectivity index (χ1v) is 7.19. The molecule has 2 N–H and O–H groups in total. The Bertz CT molecular complexity index is 401. The third-order valence-electron chi connectivity index (χ3n) is 3.03. The van der Waals surface area contributed by atoms with Crippen molar-refractivity contribution in [2.45, 2.75) is 52.4 Å². The van der Waals surface area contributed by atoms with Crippen LogP contribution >= 0.6 is 0 Å². The van der Waals surface area contributed by atoms with Crippen LogP contribution in [0.4, 0.5) is 0 Å². The van der Waals surface area contributed by atoms with Crippen LogP contribution in [0.25, 0.3) is 0 Å². The third-order valence-corrected chi connectivity index (χ3v) is 3.03. The van der Waals surface area contributed by atoms with Crippen LogP contribution in [-0.4, -0.2) is 29.8 Å². The van der Waals surface area contributed by atoms with Crippen molar-refractivity contribution in [3.63, 3.8) is 0 Å². The normalized spacial score (nSPS) is 12.4. The zero-order chi connectivity index (χ0) is 15.0. The molecule has 1 aromatic carbocycles. The largest absolute Gasteiger partial charge is 0.393 e. The number of nitrogens with one attached hydrogen (secondary N) is 1. The van der Waals surface area contributed by atoms with Gasteiger partial charge in [-0.25, -0.2) is 0 Å². The molecule has 20 heavy (non-hydrogen) atoms. The van der Waals surface area contributed by atoms with Gasteiger partial charge in [-0.1, -0.05) is 19.1 Å². The predicted molar refractivity (Wildman–Crippen MR) is 79.6 cm³/mol. The number of benzene rings is 1. The molecule has 1 aromatic rings. The highest BCUT2D eigenvalue weighted by atomic mass is 16.5. The highest BCUT2D eigenvalue weighted by Crippen LogP contribution is 2.07. The molecule has 0 bridgehead atoms. The SMILES string of the molecule is CCC(O)CCNC(=O)c1ccc(COC(C)C)cc1. The monoisotopic (exact) mass is 279 g/mol. The zero-order valence-corrected chi connectivity index (χ0v) is 12.6. The fraction of sp³-hybridized carbons (Fsp3) is 0.562. The molecule has 0 aliphatic rings. The average Bonchev–Trinajstić information content (AvgIpc) is 2.45. The number of aliphatic hydroxyl groups excluding tert-OH is 1. The first kappa shape index (κ1) is 16.7. The van der Waals surface area contributed by atoms with Crippen molar-refractivity contribution in [1.82, 2.24) is 5.32 Å². The van der Waals surface area contributed by atoms with E-state index in [1.807, 2.05) is 32.9 Å². The molecule has 0 spiro atoms. The highest BCUT2D eigenvalue weighted by molar-refractivity contribution is 5.94. The number of carbonyl (C=O) groups excluding carboxylic acids is 1. The van der Waals surface area contributed by atoms with E-state index in [4.69, 9.17) is 4.74 Å². The summed E-state index contributed by atoms with van der Waals surface area (Å²) in [5.41, 5.74) is 1.68. The van der Waals surface area contributed by atoms with E-state index in [1.54, 1.807) is 12.1 Å². The maximum atomic E-state index is 11.9. The van der Waals surface area contributed by atoms with Crippen molar-refractivity contribution in [3.05, 3.63) is 35.4 Å². The molecule has 1 atom stereocenters. The fourth-order valence-corrected chi connectivity index (χ4v) is 1.67. The highest BCUT2D eigenvalue weighted by Gasteiger charge is 2.06. The molecule has 0 saturated carbocycles. The van der Waals surface area contributed by atoms with Crippen LogP contribution in [0, 0.1) is 0 Å². The van der Waals surface area contributed by atoms with Crippen molar-refractivity contribution in [3.8, 4) is 0 Å². The summed E-state index contributed by atoms with van der Waals surface area (Å²) in [5.74, 6) is -0.107. The topological polar surface area (TPSA) is 58.6 Å². The van der Waals surface area contributed by atoms with E-state index in [0.29, 0.717) is 31.6 Å². The Hall–Kier alpha value is -1.39. The molecule has 1 amide bonds. The molecule has 112 valence electrons. The predicted octanol–water partition coefficient (Wildman–Crippen LogP) is 2.50. The summed E-state index contributed by atoms with van der Waals surface area (Å²) in [6.45, 7) is 6.96. The smallest absolute Gasteiger partial charge is 0.251 e. The molecule has 0 saturated heterocycles. The fourth-order valence-electron chi connectivity index (χ4n) is 1.67. The van der Waals surface area contributed by atoms with Gasteiger partial charge < -0.3 is 15.2 Å². The zero-order valence-electron chi connectivity index (χ0n) is 12.6. The van der Waals surface area contributed by atoms with Crippen LogP contribution in [0.2, 0.25) is 0 Å². The summed E-state index contributed by atoms with van der Waals surface area (Å²) in [6.07, 6.45) is 1.15. The molecule has 0 aromatic heterocycles. The maximum Gasteiger partial charge on any atom is 0.251 e. The Morgan fingerprint density at radius 2 is 1.95 bits per heavy atom. The minimum Gasteiger partial charge on any atom is -0.393 e. The van der Waals surface area contributed by atoms with Crippen molar-refractivity contribution in [2.24, 2.45) is 0 Å². The summed E-state index contributed by atoms with van der Waals surface area (Å²) >= 11 is 0. The van der Waals surface area contributed by atoms with E-state index in [-0.39, 0.29) is 18.1 Å². The molecular weight excluding hydrogens is 254 g/mol. The summed E-state index contributed by atoms with van der Waals surface area (Å²) in [7, 11) is 0. The molecule has 1 rings (SSSR count). The molecule has 0 fully saturated rings. The van der Waals surface area contributed by atoms with E-state index in [9.17, 15) is 9.90 Å². The molecule has 0 radical (unpaired) electrons. The van der Waals surface area contributed by atoms with Gasteiger partial charge in [0.15, 0.2) is 0 Å². The molecule has 1 unspecified atom stereocenters. The Morgan fingerprint density at radius 3 is 2.50 bits per heavy atom. The minimum atomic E-state index is -0.342. The molecule has 0 aliphatic heterocycles. The standard InChI is InChI=1S/C16H25NO3/c1-4-15(18)9-10-17-16(19)14-7-5-13(6-8-14)11-20-12(2)3/h5-8,12,15,18H,4,9-11H2,1-3H3,(H,17,19). The Kier molecular flexibility index (Phi) is 7.26. The van der Waals surface area contributed by atoms with Crippen LogP contribution in [0.5, 0.6) is 0 Å². The van der Waals surface area contributed by atoms with Crippen molar-refractivity contribution < 1.29 is 14.6 Å². The lowest BCUT2D eigenvalue weighted by Gasteiger charge is -2.10. The van der Waals surface area contributed by atoms with Crippen LogP contribution in [0.1, 0.15) is 49.5 Å². The second kappa shape index (κ2) is 8.72. The second-order valence-corrected chi connectivity index (χ2v) is 5.16. The van der Waals surface area contributed by atoms with Crippen LogP contribution in [-0.2, 0) is 11.3 Å². The van der Waals surface area contributed by atoms with Crippen LogP contribution < -0.4 is 5.32 Å². The number of ether oxygens (including phenoxy) is 1. The van der Waals surface area contributed by atoms with Gasteiger partial charge in [0.05, 0.1) is 18.8 Å². The van der Waals surface area contributed by atoms with Gasteiger partial charge in [0.1, 0.15) is 0 Å². The number of aliphatic hydroxyl groups is 1. The van der Waals surface area contributed by atoms with Crippen molar-refractivity contribution >= 4 is 5.91 Å². The van der Waals surface area contributed by atoms with Gasteiger partial charge in [0, 0.05) is 12.1 Å². The third kappa shape index (κ3) is 6.17. The first-order chi connectivity index (χ1) is 9.52. The van der Waals surface area contributed by atoms with Gasteiger partial charge in [0.25, 0.3) is 5.91 Å². The van der Waals surface area contributed by atoms with E-state index in [0.717, 1.165) is 5.56 Å². The number of hydrogen-bond acceptors (Lipinski definition) is 3. The van der Waals surface area contributed by atoms with Gasteiger partial charge in [-0.15, -0.1) is 0 Å². The van der Waals surface area contributed by atoms with E-state index in [1.165, 1.54) is 0 Å². The van der Waals surface area contributed by atoms with Crippen molar-refractivity contribution in [1.29, 1.82) is 0 Å². The lowest BCUT2D eigenvalue weighted by molar-refractivity contribution is 0.0656. The molecular formula is C16H25NO3. The van der Waals surface area contributed by atoms with E-state index in [2.05, 4.69) is 5.32 Å². The summed E-state index contributed by atoms with van der Waals surface area (Å²) in [5, 5.41) is 12.2. The van der Waals surface area contributed by atoms with E-state index < -0.39 is 0 Å². The Morgan fingerprint density at radius 1 is 1.30 bits per heavy atom. The Labute approximate surface area is 121 Å². The molecule has 4 heteroatoms. The number of carbonyl (C=O) groups is 1. The van der Waals surface area contributed by atoms with Gasteiger partial charge in [-0.2, -0.15) is 0 Å². The quantitative estimate of drug-likeness (QED) is 0.768. The summed E-state index contributed by atoms with van der Waals surface area (Å²) < 4.78 is 5.50. The molecule has 0 aliphatic carbocycles. The van der Waals surface area contributed by atoms with E-state index >= 15 is 0 Å². The lowest BCUT2D eigenvalue weighted by Crippen LogP contribution is -2.26. The maximum absolute atomic E-state index is 11.9. The van der Waals surface area contributed by atoms with Crippen LogP contribution in [0.15, 0.2) is 24.3 Å². The van der Waals surface area contributed by atoms with Gasteiger partial charge in [-0.3, -0.25) is 4.79 Å². The van der Waals surface area contributed by atoms with Gasteiger partial charge in [-0.05, 0) is 44.4 Å². The van der Waals surface area contributed by atoms with Gasteiger partial charge in [0.2, 0.25) is 0 Å².